The maximum absolute atomic E-state index is 4.15. The number of allylic oxidation sites excluding steroid dienone is 1. The van der Waals surface area contributed by atoms with Crippen molar-refractivity contribution in [3.63, 3.8) is 0 Å². The molecule has 9 heavy (non-hydrogen) atoms. The number of hydrogen-bond donors (Lipinski definition) is 0. The van der Waals surface area contributed by atoms with E-state index in [-0.39, 0.29) is 0 Å². The Morgan fingerprint density at radius 3 is 3.11 bits per heavy atom. The van der Waals surface area contributed by atoms with Gasteiger partial charge in [-0.2, -0.15) is 0 Å². The summed E-state index contributed by atoms with van der Waals surface area (Å²) < 4.78 is 0. The molecule has 0 aliphatic carbocycles. The lowest BCUT2D eigenvalue weighted by Gasteiger charge is -1.80. The second-order valence-corrected chi connectivity index (χ2v) is 3.18. The Labute approximate surface area is 59.1 Å². The molecule has 0 fully saturated rings. The molecule has 0 unspecified atom stereocenters. The van der Waals surface area contributed by atoms with E-state index in [1.807, 2.05) is 12.3 Å². The summed E-state index contributed by atoms with van der Waals surface area (Å²) in [5.41, 5.74) is 0. The highest BCUT2D eigenvalue weighted by molar-refractivity contribution is 7.11. The van der Waals surface area contributed by atoms with Crippen LogP contribution in [0, 0.1) is 6.92 Å². The Bertz CT molecular complexity index is 202. The summed E-state index contributed by atoms with van der Waals surface area (Å²) in [6.07, 6.45) is 4.67. The van der Waals surface area contributed by atoms with E-state index in [2.05, 4.69) is 18.5 Å². The molecule has 0 N–H and O–H groups in total. The van der Waals surface area contributed by atoms with Crippen molar-refractivity contribution < 1.29 is 0 Å². The average molecular weight is 139 g/mol. The molecular formula is C7H9NS. The van der Waals surface area contributed by atoms with Crippen molar-refractivity contribution in [1.82, 2.24) is 4.98 Å². The first-order valence-electron chi connectivity index (χ1n) is 2.85. The van der Waals surface area contributed by atoms with Gasteiger partial charge in [0.1, 0.15) is 0 Å². The van der Waals surface area contributed by atoms with Gasteiger partial charge in [-0.1, -0.05) is 6.08 Å². The van der Waals surface area contributed by atoms with Crippen molar-refractivity contribution in [2.45, 2.75) is 13.3 Å². The van der Waals surface area contributed by atoms with Crippen LogP contribution in [0.15, 0.2) is 18.9 Å². The molecule has 0 saturated carbocycles. The van der Waals surface area contributed by atoms with Crippen molar-refractivity contribution in [2.75, 3.05) is 0 Å². The molecule has 0 amide bonds. The van der Waals surface area contributed by atoms with Crippen LogP contribution < -0.4 is 0 Å². The third kappa shape index (κ3) is 1.64. The molecule has 1 aromatic heterocycles. The quantitative estimate of drug-likeness (QED) is 0.572. The maximum Gasteiger partial charge on any atom is 0.0965 e. The number of hydrogen-bond acceptors (Lipinski definition) is 2. The van der Waals surface area contributed by atoms with Crippen molar-refractivity contribution in [1.29, 1.82) is 0 Å². The molecule has 2 heteroatoms. The predicted molar refractivity (Wildman–Crippen MR) is 40.8 cm³/mol. The van der Waals surface area contributed by atoms with Crippen LogP contribution in [0.25, 0.3) is 0 Å². The second kappa shape index (κ2) is 2.78. The third-order valence-electron chi connectivity index (χ3n) is 0.988. The summed E-state index contributed by atoms with van der Waals surface area (Å²) in [4.78, 5) is 5.42. The van der Waals surface area contributed by atoms with E-state index in [9.17, 15) is 0 Å². The zero-order valence-electron chi connectivity index (χ0n) is 5.42. The maximum atomic E-state index is 4.15. The van der Waals surface area contributed by atoms with E-state index < -0.39 is 0 Å². The lowest BCUT2D eigenvalue weighted by atomic mass is 10.4. The highest BCUT2D eigenvalue weighted by Crippen LogP contribution is 2.11. The largest absolute Gasteiger partial charge is 0.249 e. The highest BCUT2D eigenvalue weighted by atomic mass is 32.1. The van der Waals surface area contributed by atoms with Gasteiger partial charge in [0.2, 0.25) is 0 Å². The lowest BCUT2D eigenvalue weighted by molar-refractivity contribution is 1.19. The SMILES string of the molecule is C=CCc1ncc(C)s1. The van der Waals surface area contributed by atoms with Crippen molar-refractivity contribution in [2.24, 2.45) is 0 Å². The van der Waals surface area contributed by atoms with Gasteiger partial charge in [-0.3, -0.25) is 0 Å². The summed E-state index contributed by atoms with van der Waals surface area (Å²) in [7, 11) is 0. The fraction of sp³-hybridized carbons (Fsp3) is 0.286. The minimum absolute atomic E-state index is 0.901. The third-order valence-corrected chi connectivity index (χ3v) is 1.92. The molecule has 1 aromatic rings. The lowest BCUT2D eigenvalue weighted by Crippen LogP contribution is -1.73. The Kier molecular flexibility index (Phi) is 2.01. The molecule has 1 nitrogen and oxygen atoms in total. The fourth-order valence-corrected chi connectivity index (χ4v) is 1.40. The molecule has 1 rings (SSSR count). The number of aromatic nitrogens is 1. The molecule has 0 aliphatic heterocycles. The zero-order chi connectivity index (χ0) is 6.69. The Morgan fingerprint density at radius 2 is 2.67 bits per heavy atom. The van der Waals surface area contributed by atoms with Gasteiger partial charge in [0, 0.05) is 17.5 Å². The summed E-state index contributed by atoms with van der Waals surface area (Å²) in [5, 5.41) is 1.16. The summed E-state index contributed by atoms with van der Waals surface area (Å²) >= 11 is 1.73. The monoisotopic (exact) mass is 139 g/mol. The standard InChI is InChI=1S/C7H9NS/c1-3-4-7-8-5-6(2)9-7/h3,5H,1,4H2,2H3. The van der Waals surface area contributed by atoms with Gasteiger partial charge in [-0.15, -0.1) is 17.9 Å². The molecule has 0 spiro atoms. The number of nitrogens with zero attached hydrogens (tertiary/aromatic N) is 1. The van der Waals surface area contributed by atoms with Crippen LogP contribution >= 0.6 is 11.3 Å². The summed E-state index contributed by atoms with van der Waals surface area (Å²) in [6.45, 7) is 5.69. The molecular weight excluding hydrogens is 130 g/mol. The molecule has 0 aliphatic rings. The predicted octanol–water partition coefficient (Wildman–Crippen LogP) is 2.18. The highest BCUT2D eigenvalue weighted by Gasteiger charge is 1.92. The summed E-state index contributed by atoms with van der Waals surface area (Å²) in [6, 6.07) is 0. The fourth-order valence-electron chi connectivity index (χ4n) is 0.619. The topological polar surface area (TPSA) is 12.9 Å². The molecule has 0 atom stereocenters. The molecule has 0 radical (unpaired) electrons. The molecule has 0 saturated heterocycles. The average Bonchev–Trinajstić information content (AvgIpc) is 2.17. The van der Waals surface area contributed by atoms with E-state index in [1.165, 1.54) is 4.88 Å². The van der Waals surface area contributed by atoms with Crippen molar-refractivity contribution >= 4 is 11.3 Å². The number of thiazole rings is 1. The van der Waals surface area contributed by atoms with Crippen LogP contribution in [-0.2, 0) is 6.42 Å². The van der Waals surface area contributed by atoms with Gasteiger partial charge in [-0.05, 0) is 6.92 Å². The Morgan fingerprint density at radius 1 is 1.89 bits per heavy atom. The Balaban J connectivity index is 2.72. The van der Waals surface area contributed by atoms with Crippen LogP contribution in [0.1, 0.15) is 9.88 Å². The van der Waals surface area contributed by atoms with Crippen LogP contribution in [0.5, 0.6) is 0 Å². The summed E-state index contributed by atoms with van der Waals surface area (Å²) in [5.74, 6) is 0. The first-order chi connectivity index (χ1) is 4.33. The number of aryl methyl sites for hydroxylation is 1. The first kappa shape index (κ1) is 6.49. The van der Waals surface area contributed by atoms with Gasteiger partial charge in [0.25, 0.3) is 0 Å². The minimum atomic E-state index is 0.901. The van der Waals surface area contributed by atoms with Gasteiger partial charge in [0.05, 0.1) is 5.01 Å². The van der Waals surface area contributed by atoms with Crippen LogP contribution in [0.4, 0.5) is 0 Å². The van der Waals surface area contributed by atoms with E-state index in [0.717, 1.165) is 11.4 Å². The van der Waals surface area contributed by atoms with E-state index in [4.69, 9.17) is 0 Å². The molecule has 48 valence electrons. The van der Waals surface area contributed by atoms with E-state index >= 15 is 0 Å². The number of rotatable bonds is 2. The van der Waals surface area contributed by atoms with Gasteiger partial charge in [0.15, 0.2) is 0 Å². The second-order valence-electron chi connectivity index (χ2n) is 1.86. The van der Waals surface area contributed by atoms with Crippen LogP contribution in [-0.4, -0.2) is 4.98 Å². The molecule has 0 aromatic carbocycles. The zero-order valence-corrected chi connectivity index (χ0v) is 6.24. The van der Waals surface area contributed by atoms with Crippen molar-refractivity contribution in [3.05, 3.63) is 28.7 Å². The van der Waals surface area contributed by atoms with Crippen LogP contribution in [0.2, 0.25) is 0 Å². The normalized spacial score (nSPS) is 9.44. The Hall–Kier alpha value is -0.630. The van der Waals surface area contributed by atoms with Gasteiger partial charge < -0.3 is 0 Å². The van der Waals surface area contributed by atoms with E-state index in [1.54, 1.807) is 11.3 Å². The van der Waals surface area contributed by atoms with Gasteiger partial charge >= 0.3 is 0 Å². The smallest absolute Gasteiger partial charge is 0.0965 e. The van der Waals surface area contributed by atoms with Crippen molar-refractivity contribution in [3.8, 4) is 0 Å². The van der Waals surface area contributed by atoms with E-state index in [0.29, 0.717) is 0 Å². The first-order valence-corrected chi connectivity index (χ1v) is 3.67. The molecule has 0 bridgehead atoms. The molecule has 1 heterocycles. The minimum Gasteiger partial charge on any atom is -0.249 e. The van der Waals surface area contributed by atoms with Gasteiger partial charge in [-0.25, -0.2) is 4.98 Å². The van der Waals surface area contributed by atoms with Crippen LogP contribution in [0.3, 0.4) is 0 Å².